The van der Waals surface area contributed by atoms with E-state index in [1.165, 1.54) is 11.8 Å². The average molecular weight is 408 g/mol. The lowest BCUT2D eigenvalue weighted by Gasteiger charge is -2.14. The number of amides is 1. The fourth-order valence-corrected chi connectivity index (χ4v) is 3.97. The van der Waals surface area contributed by atoms with Crippen LogP contribution in [0, 0.1) is 0 Å². The molecule has 0 atom stereocenters. The van der Waals surface area contributed by atoms with Gasteiger partial charge in [0.15, 0.2) is 0 Å². The van der Waals surface area contributed by atoms with Crippen LogP contribution in [0.15, 0.2) is 29.2 Å². The largest absolute Gasteiger partial charge is 0.493 e. The molecular weight excluding hydrogens is 382 g/mol. The number of unbranched alkanes of at least 4 members (excludes halogenated alkanes) is 2. The zero-order valence-corrected chi connectivity index (χ0v) is 17.4. The van der Waals surface area contributed by atoms with E-state index < -0.39 is 0 Å². The van der Waals surface area contributed by atoms with Gasteiger partial charge in [-0.2, -0.15) is 0 Å². The first-order chi connectivity index (χ1) is 13.1. The summed E-state index contributed by atoms with van der Waals surface area (Å²) in [5, 5.41) is 0. The van der Waals surface area contributed by atoms with Crippen molar-refractivity contribution in [2.45, 2.75) is 39.5 Å². The zero-order valence-electron chi connectivity index (χ0n) is 15.7. The van der Waals surface area contributed by atoms with Crippen molar-refractivity contribution < 1.29 is 19.1 Å². The van der Waals surface area contributed by atoms with E-state index in [0.29, 0.717) is 35.4 Å². The van der Waals surface area contributed by atoms with Crippen molar-refractivity contribution in [3.8, 4) is 5.75 Å². The van der Waals surface area contributed by atoms with Gasteiger partial charge in [0.05, 0.1) is 18.1 Å². The van der Waals surface area contributed by atoms with E-state index >= 15 is 0 Å². The number of esters is 1. The van der Waals surface area contributed by atoms with Crippen LogP contribution in [0.5, 0.6) is 5.75 Å². The molecule has 1 heterocycles. The molecule has 0 bridgehead atoms. The van der Waals surface area contributed by atoms with Crippen molar-refractivity contribution in [1.82, 2.24) is 4.90 Å². The summed E-state index contributed by atoms with van der Waals surface area (Å²) in [5.41, 5.74) is 0.870. The maximum atomic E-state index is 12.7. The van der Waals surface area contributed by atoms with Crippen molar-refractivity contribution in [3.05, 3.63) is 34.7 Å². The summed E-state index contributed by atoms with van der Waals surface area (Å²) in [5.74, 6) is 0.518. The Labute approximate surface area is 170 Å². The first-order valence-electron chi connectivity index (χ1n) is 9.19. The van der Waals surface area contributed by atoms with Crippen LogP contribution in [0.2, 0.25) is 0 Å². The molecular formula is C20H25NO4S2. The van der Waals surface area contributed by atoms with Gasteiger partial charge in [0.1, 0.15) is 10.1 Å². The minimum atomic E-state index is -0.168. The van der Waals surface area contributed by atoms with E-state index in [2.05, 4.69) is 0 Å². The van der Waals surface area contributed by atoms with Gasteiger partial charge in [-0.15, -0.1) is 0 Å². The Morgan fingerprint density at radius 3 is 2.70 bits per heavy atom. The topological polar surface area (TPSA) is 55.8 Å². The van der Waals surface area contributed by atoms with Crippen molar-refractivity contribution in [1.29, 1.82) is 0 Å². The van der Waals surface area contributed by atoms with Crippen LogP contribution in [-0.2, 0) is 14.3 Å². The number of thiocarbonyl (C=S) groups is 1. The summed E-state index contributed by atoms with van der Waals surface area (Å²) in [6, 6.07) is 7.63. The lowest BCUT2D eigenvalue weighted by molar-refractivity contribution is -0.143. The summed E-state index contributed by atoms with van der Waals surface area (Å²) in [6.45, 7) is 5.27. The SMILES string of the molecule is CCOC(=O)CCCCCN1C(=O)/C(=C\c2ccccc2OCC)SC1=S. The van der Waals surface area contributed by atoms with E-state index in [1.54, 1.807) is 11.8 Å². The highest BCUT2D eigenvalue weighted by atomic mass is 32.2. The number of ether oxygens (including phenoxy) is 2. The van der Waals surface area contributed by atoms with Gasteiger partial charge in [-0.05, 0) is 38.8 Å². The molecule has 0 saturated carbocycles. The van der Waals surface area contributed by atoms with Gasteiger partial charge in [-0.1, -0.05) is 48.6 Å². The number of benzene rings is 1. The van der Waals surface area contributed by atoms with Crippen molar-refractivity contribution in [2.24, 2.45) is 0 Å². The minimum absolute atomic E-state index is 0.0679. The van der Waals surface area contributed by atoms with Crippen LogP contribution >= 0.6 is 24.0 Å². The Balaban J connectivity index is 1.90. The van der Waals surface area contributed by atoms with Crippen molar-refractivity contribution >= 4 is 46.3 Å². The minimum Gasteiger partial charge on any atom is -0.493 e. The van der Waals surface area contributed by atoms with Crippen LogP contribution in [0.3, 0.4) is 0 Å². The zero-order chi connectivity index (χ0) is 19.6. The van der Waals surface area contributed by atoms with E-state index in [1.807, 2.05) is 37.3 Å². The molecule has 1 amide bonds. The smallest absolute Gasteiger partial charge is 0.305 e. The molecule has 0 unspecified atom stereocenters. The number of hydrogen-bond donors (Lipinski definition) is 0. The third-order valence-electron chi connectivity index (χ3n) is 3.95. The third-order valence-corrected chi connectivity index (χ3v) is 5.32. The molecule has 0 aliphatic carbocycles. The number of hydrogen-bond acceptors (Lipinski definition) is 6. The Morgan fingerprint density at radius 2 is 1.96 bits per heavy atom. The molecule has 1 aliphatic rings. The summed E-state index contributed by atoms with van der Waals surface area (Å²) < 4.78 is 11.1. The maximum Gasteiger partial charge on any atom is 0.305 e. The van der Waals surface area contributed by atoms with Gasteiger partial charge in [0.2, 0.25) is 0 Å². The predicted molar refractivity (Wildman–Crippen MR) is 113 cm³/mol. The van der Waals surface area contributed by atoms with Crippen LogP contribution in [-0.4, -0.2) is 40.9 Å². The Bertz CT molecular complexity index is 718. The Morgan fingerprint density at radius 1 is 1.19 bits per heavy atom. The maximum absolute atomic E-state index is 12.7. The van der Waals surface area contributed by atoms with Crippen molar-refractivity contribution in [2.75, 3.05) is 19.8 Å². The van der Waals surface area contributed by atoms with E-state index in [-0.39, 0.29) is 11.9 Å². The van der Waals surface area contributed by atoms with Gasteiger partial charge in [0, 0.05) is 18.5 Å². The lowest BCUT2D eigenvalue weighted by Crippen LogP contribution is -2.29. The fourth-order valence-electron chi connectivity index (χ4n) is 2.67. The second-order valence-electron chi connectivity index (χ2n) is 5.92. The van der Waals surface area contributed by atoms with Crippen LogP contribution in [0.4, 0.5) is 0 Å². The van der Waals surface area contributed by atoms with Crippen LogP contribution in [0.25, 0.3) is 6.08 Å². The normalized spacial score (nSPS) is 15.5. The van der Waals surface area contributed by atoms with Gasteiger partial charge >= 0.3 is 5.97 Å². The molecule has 0 N–H and O–H groups in total. The molecule has 1 saturated heterocycles. The molecule has 1 aliphatic heterocycles. The number of thioether (sulfide) groups is 1. The number of para-hydroxylation sites is 1. The van der Waals surface area contributed by atoms with Gasteiger partial charge in [-0.25, -0.2) is 0 Å². The number of carbonyl (C=O) groups excluding carboxylic acids is 2. The molecule has 0 aromatic heterocycles. The van der Waals surface area contributed by atoms with Gasteiger partial charge in [0.25, 0.3) is 5.91 Å². The Hall–Kier alpha value is -1.86. The molecule has 2 rings (SSSR count). The second-order valence-corrected chi connectivity index (χ2v) is 7.60. The van der Waals surface area contributed by atoms with E-state index in [9.17, 15) is 9.59 Å². The van der Waals surface area contributed by atoms with Gasteiger partial charge < -0.3 is 9.47 Å². The summed E-state index contributed by atoms with van der Waals surface area (Å²) in [6.07, 6.45) is 4.66. The Kier molecular flexibility index (Phi) is 8.81. The third kappa shape index (κ3) is 6.36. The number of rotatable bonds is 10. The molecule has 0 radical (unpaired) electrons. The highest BCUT2D eigenvalue weighted by Gasteiger charge is 2.31. The highest BCUT2D eigenvalue weighted by Crippen LogP contribution is 2.34. The van der Waals surface area contributed by atoms with E-state index in [4.69, 9.17) is 21.7 Å². The summed E-state index contributed by atoms with van der Waals surface area (Å²) >= 11 is 6.69. The highest BCUT2D eigenvalue weighted by molar-refractivity contribution is 8.26. The van der Waals surface area contributed by atoms with Crippen LogP contribution in [0.1, 0.15) is 45.1 Å². The molecule has 0 spiro atoms. The molecule has 27 heavy (non-hydrogen) atoms. The molecule has 146 valence electrons. The van der Waals surface area contributed by atoms with Crippen molar-refractivity contribution in [3.63, 3.8) is 0 Å². The standard InChI is InChI=1S/C20H25NO4S2/c1-3-24-16-11-8-7-10-15(16)14-17-19(23)21(20(26)27-17)13-9-5-6-12-18(22)25-4-2/h7-8,10-11,14H,3-6,9,12-13H2,1-2H3/b17-14+. The van der Waals surface area contributed by atoms with Gasteiger partial charge in [-0.3, -0.25) is 14.5 Å². The summed E-state index contributed by atoms with van der Waals surface area (Å²) in [4.78, 5) is 26.3. The number of nitrogens with zero attached hydrogens (tertiary/aromatic N) is 1. The first-order valence-corrected chi connectivity index (χ1v) is 10.4. The quantitative estimate of drug-likeness (QED) is 0.248. The first kappa shape index (κ1) is 21.4. The predicted octanol–water partition coefficient (Wildman–Crippen LogP) is 4.41. The molecule has 1 aromatic rings. The molecule has 1 fully saturated rings. The van der Waals surface area contributed by atoms with Crippen LogP contribution < -0.4 is 4.74 Å². The molecule has 5 nitrogen and oxygen atoms in total. The molecule has 7 heteroatoms. The lowest BCUT2D eigenvalue weighted by atomic mass is 10.1. The second kappa shape index (κ2) is 11.1. The monoisotopic (exact) mass is 407 g/mol. The van der Waals surface area contributed by atoms with E-state index in [0.717, 1.165) is 30.6 Å². The molecule has 1 aromatic carbocycles. The fraction of sp³-hybridized carbons (Fsp3) is 0.450. The summed E-state index contributed by atoms with van der Waals surface area (Å²) in [7, 11) is 0. The number of carbonyl (C=O) groups is 2. The average Bonchev–Trinajstić information content (AvgIpc) is 2.90.